The normalized spacial score (nSPS) is 15.9. The van der Waals surface area contributed by atoms with E-state index in [1.54, 1.807) is 6.07 Å². The molecule has 0 radical (unpaired) electrons. The molecule has 3 N–H and O–H groups in total. The number of hydrogen-bond donors (Lipinski definition) is 2. The second kappa shape index (κ2) is 7.29. The molecule has 0 aromatic heterocycles. The lowest BCUT2D eigenvalue weighted by Gasteiger charge is -2.11. The smallest absolute Gasteiger partial charge is 0.282 e. The molecule has 0 spiro atoms. The minimum Gasteiger partial charge on any atom is -0.282 e. The Bertz CT molecular complexity index is 1540. The van der Waals surface area contributed by atoms with Crippen LogP contribution in [0.2, 0.25) is 6.82 Å². The van der Waals surface area contributed by atoms with E-state index in [2.05, 4.69) is 27.7 Å². The molecule has 0 amide bonds. The van der Waals surface area contributed by atoms with Gasteiger partial charge in [0, 0.05) is 5.56 Å². The van der Waals surface area contributed by atoms with Gasteiger partial charge >= 0.3 is 12.8 Å². The highest BCUT2D eigenvalue weighted by Crippen LogP contribution is 2.24. The highest BCUT2D eigenvalue weighted by Gasteiger charge is 2.46. The van der Waals surface area contributed by atoms with Crippen LogP contribution in [-0.4, -0.2) is 40.6 Å². The maximum Gasteiger partial charge on any atom is 0.524 e. The van der Waals surface area contributed by atoms with Crippen LogP contribution in [0.25, 0.3) is 0 Å². The van der Waals surface area contributed by atoms with Crippen molar-refractivity contribution in [3.8, 4) is 6.07 Å². The van der Waals surface area contributed by atoms with Gasteiger partial charge in [0.25, 0.3) is 11.7 Å². The molecule has 6 rings (SSSR count). The van der Waals surface area contributed by atoms with Crippen molar-refractivity contribution >= 4 is 36.2 Å². The quantitative estimate of drug-likeness (QED) is 0.570. The third-order valence-electron chi connectivity index (χ3n) is 6.08. The molecule has 3 aromatic carbocycles. The fourth-order valence-electron chi connectivity index (χ4n) is 4.58. The first kappa shape index (κ1) is 19.2. The molecule has 0 saturated heterocycles. The fourth-order valence-corrected chi connectivity index (χ4v) is 4.58. The molecule has 0 aliphatic carbocycles. The van der Waals surface area contributed by atoms with Crippen LogP contribution in [0, 0.1) is 16.7 Å². The van der Waals surface area contributed by atoms with Gasteiger partial charge in [-0.2, -0.15) is 10.3 Å². The summed E-state index contributed by atoms with van der Waals surface area (Å²) in [5.74, 6) is 3.36. The summed E-state index contributed by atoms with van der Waals surface area (Å²) in [7, 11) is 0. The molecule has 3 aliphatic heterocycles. The number of fused-ring (bicyclic) bond motifs is 4. The van der Waals surface area contributed by atoms with Crippen molar-refractivity contribution < 1.29 is 9.80 Å². The number of nitrogens with zero attached hydrogens (tertiary/aromatic N) is 5. The Kier molecular flexibility index (Phi) is 4.25. The maximum atomic E-state index is 9.56. The van der Waals surface area contributed by atoms with Crippen LogP contribution < -0.4 is 5.32 Å². The van der Waals surface area contributed by atoms with Crippen molar-refractivity contribution in [2.24, 2.45) is 14.9 Å². The lowest BCUT2D eigenvalue weighted by atomic mass is 9.79. The Morgan fingerprint density at radius 2 is 1.48 bits per heavy atom. The van der Waals surface area contributed by atoms with Crippen LogP contribution in [0.1, 0.15) is 33.4 Å². The van der Waals surface area contributed by atoms with Gasteiger partial charge in [0.15, 0.2) is 5.84 Å². The molecule has 3 aromatic rings. The number of amidine groups is 5. The van der Waals surface area contributed by atoms with Crippen molar-refractivity contribution in [1.29, 1.82) is 10.7 Å². The summed E-state index contributed by atoms with van der Waals surface area (Å²) in [6.07, 6.45) is 0. The average Bonchev–Trinajstić information content (AvgIpc) is 3.34. The fraction of sp³-hybridized carbons (Fsp3) is 0.0400. The van der Waals surface area contributed by atoms with E-state index in [1.807, 2.05) is 66.7 Å². The van der Waals surface area contributed by atoms with E-state index in [0.717, 1.165) is 45.3 Å². The van der Waals surface area contributed by atoms with Gasteiger partial charge < -0.3 is 0 Å². The zero-order valence-electron chi connectivity index (χ0n) is 17.8. The summed E-state index contributed by atoms with van der Waals surface area (Å²) < 4.78 is 2.11. The van der Waals surface area contributed by atoms with Crippen molar-refractivity contribution in [3.63, 3.8) is 0 Å². The molecule has 3 heterocycles. The third kappa shape index (κ3) is 2.91. The van der Waals surface area contributed by atoms with E-state index < -0.39 is 0 Å². The second-order valence-corrected chi connectivity index (χ2v) is 8.01. The van der Waals surface area contributed by atoms with Gasteiger partial charge in [-0.25, -0.2) is 14.7 Å². The number of nitrogens with one attached hydrogen (secondary N) is 1. The SMILES string of the molecule is CB1N=C(c2ccccc2C#N)N=C2c3ccccc3C([NH2+]C3=NC(=N)c4ccccc43)=[N+]12. The van der Waals surface area contributed by atoms with E-state index in [9.17, 15) is 5.26 Å². The average molecular weight is 427 g/mol. The standard InChI is InChI=1S/C25H16BN7/c1-26-32-23(16-9-3-2-8-15(16)14-27)31-25-20-13-7-6-12-19(20)24(33(25)26)30-22-18-11-5-4-10-17(18)21(28)29-22/h2-13,28H,1H3/p+2. The third-order valence-corrected chi connectivity index (χ3v) is 6.08. The van der Waals surface area contributed by atoms with Gasteiger partial charge in [-0.15, -0.1) is 0 Å². The molecule has 3 aliphatic rings. The molecule has 7 nitrogen and oxygen atoms in total. The van der Waals surface area contributed by atoms with Gasteiger partial charge in [0.2, 0.25) is 5.84 Å². The van der Waals surface area contributed by atoms with E-state index in [-0.39, 0.29) is 12.8 Å². The van der Waals surface area contributed by atoms with Crippen molar-refractivity contribution in [3.05, 3.63) is 106 Å². The van der Waals surface area contributed by atoms with E-state index in [4.69, 9.17) is 15.3 Å². The van der Waals surface area contributed by atoms with Crippen molar-refractivity contribution in [2.45, 2.75) is 6.82 Å². The largest absolute Gasteiger partial charge is 0.524 e. The lowest BCUT2D eigenvalue weighted by molar-refractivity contribution is -0.463. The number of hydrogen-bond acceptors (Lipinski definition) is 4. The van der Waals surface area contributed by atoms with Crippen LogP contribution in [0.3, 0.4) is 0 Å². The first-order chi connectivity index (χ1) is 16.2. The molecular weight excluding hydrogens is 409 g/mol. The Balaban J connectivity index is 1.49. The predicted molar refractivity (Wildman–Crippen MR) is 128 cm³/mol. The number of quaternary nitrogens is 1. The van der Waals surface area contributed by atoms with Crippen LogP contribution >= 0.6 is 0 Å². The minimum absolute atomic E-state index is 0.227. The molecular formula is C25H18BN7+2. The first-order valence-corrected chi connectivity index (χ1v) is 10.7. The zero-order valence-corrected chi connectivity index (χ0v) is 17.8. The molecule has 0 fully saturated rings. The summed E-state index contributed by atoms with van der Waals surface area (Å²) in [6, 6.07) is 25.6. The highest BCUT2D eigenvalue weighted by molar-refractivity contribution is 6.54. The Morgan fingerprint density at radius 3 is 2.24 bits per heavy atom. The Labute approximate surface area is 190 Å². The van der Waals surface area contributed by atoms with Crippen LogP contribution in [-0.2, 0) is 0 Å². The predicted octanol–water partition coefficient (Wildman–Crippen LogP) is 2.01. The number of nitrogens with two attached hydrogens (primary N) is 1. The topological polar surface area (TPSA) is 104 Å². The highest BCUT2D eigenvalue weighted by atomic mass is 15.2. The number of nitriles is 1. The molecule has 0 atom stereocenters. The summed E-state index contributed by atoms with van der Waals surface area (Å²) in [5, 5.41) is 19.8. The minimum atomic E-state index is -0.227. The molecule has 154 valence electrons. The summed E-state index contributed by atoms with van der Waals surface area (Å²) >= 11 is 0. The Morgan fingerprint density at radius 1 is 0.848 bits per heavy atom. The van der Waals surface area contributed by atoms with Gasteiger partial charge in [-0.3, -0.25) is 5.41 Å². The summed E-state index contributed by atoms with van der Waals surface area (Å²) in [6.45, 7) is 1.80. The molecule has 8 heteroatoms. The van der Waals surface area contributed by atoms with E-state index >= 15 is 0 Å². The van der Waals surface area contributed by atoms with Crippen molar-refractivity contribution in [2.75, 3.05) is 0 Å². The molecule has 0 saturated carbocycles. The van der Waals surface area contributed by atoms with Crippen LogP contribution in [0.15, 0.2) is 87.7 Å². The monoisotopic (exact) mass is 427 g/mol. The maximum absolute atomic E-state index is 9.56. The van der Waals surface area contributed by atoms with Crippen LogP contribution in [0.5, 0.6) is 0 Å². The van der Waals surface area contributed by atoms with Gasteiger partial charge in [-0.05, 0) is 42.1 Å². The van der Waals surface area contributed by atoms with E-state index in [0.29, 0.717) is 11.4 Å². The number of aliphatic imine (C=N–C) groups is 2. The Hall–Kier alpha value is -4.48. The lowest BCUT2D eigenvalue weighted by Crippen LogP contribution is -2.93. The van der Waals surface area contributed by atoms with Gasteiger partial charge in [0.05, 0.1) is 33.9 Å². The van der Waals surface area contributed by atoms with Gasteiger partial charge in [0.1, 0.15) is 0 Å². The second-order valence-electron chi connectivity index (χ2n) is 8.01. The zero-order chi connectivity index (χ0) is 22.5. The number of rotatable bonds is 1. The van der Waals surface area contributed by atoms with E-state index in [1.165, 1.54) is 0 Å². The molecule has 0 unspecified atom stereocenters. The summed E-state index contributed by atoms with van der Waals surface area (Å²) in [5.41, 5.74) is 5.14. The molecule has 0 bridgehead atoms. The molecule has 33 heavy (non-hydrogen) atoms. The van der Waals surface area contributed by atoms with Gasteiger partial charge in [-0.1, -0.05) is 42.5 Å². The van der Waals surface area contributed by atoms with Crippen LogP contribution in [0.4, 0.5) is 0 Å². The van der Waals surface area contributed by atoms with Crippen molar-refractivity contribution in [1.82, 2.24) is 0 Å². The number of benzene rings is 3. The first-order valence-electron chi connectivity index (χ1n) is 10.7. The summed E-state index contributed by atoms with van der Waals surface area (Å²) in [4.78, 5) is 14.3.